The Morgan fingerprint density at radius 2 is 1.70 bits per heavy atom. The van der Waals surface area contributed by atoms with Gasteiger partial charge in [-0.2, -0.15) is 0 Å². The second-order valence-corrected chi connectivity index (χ2v) is 4.72. The van der Waals surface area contributed by atoms with Crippen molar-refractivity contribution in [2.45, 2.75) is 0 Å². The Hall–Kier alpha value is -3.55. The first-order chi connectivity index (χ1) is 11.1. The molecule has 0 unspecified atom stereocenters. The quantitative estimate of drug-likeness (QED) is 0.579. The summed E-state index contributed by atoms with van der Waals surface area (Å²) in [7, 11) is 0. The zero-order chi connectivity index (χ0) is 16.4. The number of non-ortho nitro benzene ring substituents is 1. The molecule has 3 aromatic rings. The molecule has 0 atom stereocenters. The van der Waals surface area contributed by atoms with Crippen LogP contribution in [0, 0.1) is 20.2 Å². The molecule has 1 heterocycles. The maximum atomic E-state index is 11.2. The predicted molar refractivity (Wildman–Crippen MR) is 84.8 cm³/mol. The molecule has 114 valence electrons. The molecule has 0 aliphatic rings. The molecule has 2 aromatic carbocycles. The number of nitro benzene ring substituents is 2. The number of nitrogens with zero attached hydrogens (tertiary/aromatic N) is 3. The smallest absolute Gasteiger partial charge is 0.299 e. The lowest BCUT2D eigenvalue weighted by molar-refractivity contribution is -0.393. The fourth-order valence-corrected chi connectivity index (χ4v) is 2.24. The van der Waals surface area contributed by atoms with Crippen molar-refractivity contribution in [2.24, 2.45) is 0 Å². The Balaban J connectivity index is 2.08. The summed E-state index contributed by atoms with van der Waals surface area (Å²) in [5, 5.41) is 25.8. The normalized spacial score (nSPS) is 10.4. The zero-order valence-electron chi connectivity index (χ0n) is 11.7. The molecule has 0 saturated heterocycles. The van der Waals surface area contributed by atoms with Gasteiger partial charge in [-0.1, -0.05) is 18.2 Å². The number of aromatic nitrogens is 1. The molecule has 23 heavy (non-hydrogen) atoms. The molecular weight excluding hydrogens is 300 g/mol. The monoisotopic (exact) mass is 310 g/mol. The van der Waals surface area contributed by atoms with E-state index in [0.29, 0.717) is 11.2 Å². The van der Waals surface area contributed by atoms with Crippen LogP contribution in [0.15, 0.2) is 54.7 Å². The molecule has 1 aromatic heterocycles. The highest BCUT2D eigenvalue weighted by molar-refractivity contribution is 5.92. The Morgan fingerprint density at radius 3 is 2.43 bits per heavy atom. The predicted octanol–water partition coefficient (Wildman–Crippen LogP) is 3.79. The Labute approximate surface area is 129 Å². The lowest BCUT2D eigenvalue weighted by Gasteiger charge is -2.09. The van der Waals surface area contributed by atoms with Crippen molar-refractivity contribution in [3.8, 4) is 0 Å². The lowest BCUT2D eigenvalue weighted by Crippen LogP contribution is -1.99. The summed E-state index contributed by atoms with van der Waals surface area (Å²) >= 11 is 0. The maximum Gasteiger partial charge on any atom is 0.299 e. The van der Waals surface area contributed by atoms with Gasteiger partial charge in [-0.05, 0) is 18.2 Å². The fourth-order valence-electron chi connectivity index (χ4n) is 2.24. The van der Waals surface area contributed by atoms with Crippen LogP contribution in [0.5, 0.6) is 0 Å². The van der Waals surface area contributed by atoms with E-state index in [1.807, 2.05) is 12.1 Å². The number of fused-ring (bicyclic) bond motifs is 1. The first-order valence-electron chi connectivity index (χ1n) is 6.60. The van der Waals surface area contributed by atoms with Crippen LogP contribution in [-0.2, 0) is 0 Å². The van der Waals surface area contributed by atoms with Crippen molar-refractivity contribution in [1.82, 2.24) is 4.98 Å². The zero-order valence-corrected chi connectivity index (χ0v) is 11.7. The number of para-hydroxylation sites is 1. The van der Waals surface area contributed by atoms with Gasteiger partial charge in [0.25, 0.3) is 11.4 Å². The molecule has 8 heteroatoms. The van der Waals surface area contributed by atoms with Gasteiger partial charge in [-0.25, -0.2) is 0 Å². The second-order valence-electron chi connectivity index (χ2n) is 4.72. The van der Waals surface area contributed by atoms with Crippen LogP contribution in [0.25, 0.3) is 10.9 Å². The third-order valence-corrected chi connectivity index (χ3v) is 3.29. The van der Waals surface area contributed by atoms with Crippen molar-refractivity contribution < 1.29 is 9.85 Å². The fraction of sp³-hybridized carbons (Fsp3) is 0. The molecule has 0 aliphatic heterocycles. The number of nitrogens with one attached hydrogen (secondary N) is 1. The summed E-state index contributed by atoms with van der Waals surface area (Å²) in [6.45, 7) is 0. The maximum absolute atomic E-state index is 11.2. The number of rotatable bonds is 4. The van der Waals surface area contributed by atoms with Gasteiger partial charge in [0, 0.05) is 17.6 Å². The summed E-state index contributed by atoms with van der Waals surface area (Å²) in [5.41, 5.74) is 0.701. The topological polar surface area (TPSA) is 111 Å². The first kappa shape index (κ1) is 14.4. The van der Waals surface area contributed by atoms with Gasteiger partial charge >= 0.3 is 0 Å². The minimum Gasteiger partial charge on any atom is -0.348 e. The molecule has 0 radical (unpaired) electrons. The standard InChI is InChI=1S/C15H10N4O4/c20-18(21)11-6-7-12(14(9-11)19(22)23)17-13-5-1-3-10-4-2-8-16-15(10)13/h1-9,17H. The third kappa shape index (κ3) is 2.77. The molecule has 0 fully saturated rings. The van der Waals surface area contributed by atoms with Crippen LogP contribution < -0.4 is 5.32 Å². The largest absolute Gasteiger partial charge is 0.348 e. The summed E-state index contributed by atoms with van der Waals surface area (Å²) < 4.78 is 0. The molecule has 8 nitrogen and oxygen atoms in total. The molecule has 0 saturated carbocycles. The van der Waals surface area contributed by atoms with Crippen LogP contribution in [0.2, 0.25) is 0 Å². The highest BCUT2D eigenvalue weighted by Crippen LogP contribution is 2.33. The highest BCUT2D eigenvalue weighted by atomic mass is 16.6. The van der Waals surface area contributed by atoms with Gasteiger partial charge < -0.3 is 5.32 Å². The number of pyridine rings is 1. The van der Waals surface area contributed by atoms with Crippen molar-refractivity contribution in [1.29, 1.82) is 0 Å². The van der Waals surface area contributed by atoms with Gasteiger partial charge in [0.2, 0.25) is 0 Å². The summed E-state index contributed by atoms with van der Waals surface area (Å²) in [5.74, 6) is 0. The number of hydrogen-bond acceptors (Lipinski definition) is 6. The van der Waals surface area contributed by atoms with Gasteiger partial charge in [0.05, 0.1) is 27.1 Å². The number of anilines is 2. The molecule has 0 bridgehead atoms. The van der Waals surface area contributed by atoms with Gasteiger partial charge in [0.1, 0.15) is 5.69 Å². The van der Waals surface area contributed by atoms with Gasteiger partial charge in [-0.15, -0.1) is 0 Å². The van der Waals surface area contributed by atoms with Gasteiger partial charge in [0.15, 0.2) is 0 Å². The summed E-state index contributed by atoms with van der Waals surface area (Å²) in [4.78, 5) is 24.9. The highest BCUT2D eigenvalue weighted by Gasteiger charge is 2.20. The van der Waals surface area contributed by atoms with Crippen molar-refractivity contribution in [3.63, 3.8) is 0 Å². The molecule has 1 N–H and O–H groups in total. The average molecular weight is 310 g/mol. The van der Waals surface area contributed by atoms with Gasteiger partial charge in [-0.3, -0.25) is 25.2 Å². The number of nitro groups is 2. The van der Waals surface area contributed by atoms with Crippen molar-refractivity contribution in [3.05, 3.63) is 75.0 Å². The Kier molecular flexibility index (Phi) is 3.55. The number of benzene rings is 2. The minimum absolute atomic E-state index is 0.166. The van der Waals surface area contributed by atoms with E-state index in [0.717, 1.165) is 11.5 Å². The summed E-state index contributed by atoms with van der Waals surface area (Å²) in [6, 6.07) is 12.5. The average Bonchev–Trinajstić information content (AvgIpc) is 2.55. The van der Waals surface area contributed by atoms with Crippen LogP contribution in [0.1, 0.15) is 0 Å². The Bertz CT molecular complexity index is 921. The van der Waals surface area contributed by atoms with Crippen LogP contribution in [-0.4, -0.2) is 14.8 Å². The third-order valence-electron chi connectivity index (χ3n) is 3.29. The van der Waals surface area contributed by atoms with Crippen molar-refractivity contribution >= 4 is 33.7 Å². The molecule has 0 aliphatic carbocycles. The Morgan fingerprint density at radius 1 is 0.913 bits per heavy atom. The molecule has 0 spiro atoms. The van der Waals surface area contributed by atoms with E-state index in [2.05, 4.69) is 10.3 Å². The number of hydrogen-bond donors (Lipinski definition) is 1. The van der Waals surface area contributed by atoms with E-state index in [4.69, 9.17) is 0 Å². The molecule has 0 amide bonds. The molecule has 3 rings (SSSR count). The van der Waals surface area contributed by atoms with E-state index in [1.165, 1.54) is 12.1 Å². The van der Waals surface area contributed by atoms with Crippen LogP contribution in [0.3, 0.4) is 0 Å². The van der Waals surface area contributed by atoms with E-state index in [-0.39, 0.29) is 17.1 Å². The van der Waals surface area contributed by atoms with E-state index >= 15 is 0 Å². The first-order valence-corrected chi connectivity index (χ1v) is 6.60. The second kappa shape index (κ2) is 5.68. The SMILES string of the molecule is O=[N+]([O-])c1ccc(Nc2cccc3cccnc23)c([N+](=O)[O-])c1. The summed E-state index contributed by atoms with van der Waals surface area (Å²) in [6.07, 6.45) is 1.62. The van der Waals surface area contributed by atoms with E-state index in [9.17, 15) is 20.2 Å². The van der Waals surface area contributed by atoms with Crippen LogP contribution >= 0.6 is 0 Å². The molecular formula is C15H10N4O4. The van der Waals surface area contributed by atoms with E-state index < -0.39 is 9.85 Å². The van der Waals surface area contributed by atoms with E-state index in [1.54, 1.807) is 24.4 Å². The van der Waals surface area contributed by atoms with Crippen LogP contribution in [0.4, 0.5) is 22.7 Å². The van der Waals surface area contributed by atoms with Crippen molar-refractivity contribution in [2.75, 3.05) is 5.32 Å². The minimum atomic E-state index is -0.670. The lowest BCUT2D eigenvalue weighted by atomic mass is 10.1.